The molecule has 0 aromatic heterocycles. The summed E-state index contributed by atoms with van der Waals surface area (Å²) in [5, 5.41) is 0. The Morgan fingerprint density at radius 1 is 0.735 bits per heavy atom. The van der Waals surface area contributed by atoms with Crippen LogP contribution in [-0.4, -0.2) is 5.54 Å². The zero-order valence-electron chi connectivity index (χ0n) is 29.5. The highest BCUT2D eigenvalue weighted by Gasteiger charge is 2.39. The monoisotopic (exact) mass is 642 g/mol. The van der Waals surface area contributed by atoms with Crippen molar-refractivity contribution in [3.8, 4) is 0 Å². The Bertz CT molecular complexity index is 1940. The highest BCUT2D eigenvalue weighted by molar-refractivity contribution is 5.75. The zero-order chi connectivity index (χ0) is 33.4. The van der Waals surface area contributed by atoms with Crippen molar-refractivity contribution in [2.75, 3.05) is 9.80 Å². The summed E-state index contributed by atoms with van der Waals surface area (Å²) in [6.45, 7) is 7.26. The van der Waals surface area contributed by atoms with Crippen LogP contribution in [0.2, 0.25) is 0 Å². The molecule has 248 valence electrons. The van der Waals surface area contributed by atoms with Gasteiger partial charge < -0.3 is 9.80 Å². The lowest BCUT2D eigenvalue weighted by Crippen LogP contribution is -2.46. The van der Waals surface area contributed by atoms with Gasteiger partial charge in [0.05, 0.1) is 11.6 Å². The zero-order valence-corrected chi connectivity index (χ0v) is 29.5. The van der Waals surface area contributed by atoms with Crippen molar-refractivity contribution < 1.29 is 0 Å². The maximum atomic E-state index is 2.68. The predicted octanol–water partition coefficient (Wildman–Crippen LogP) is 12.7. The molecule has 8 rings (SSSR count). The molecule has 4 atom stereocenters. The lowest BCUT2D eigenvalue weighted by Gasteiger charge is -2.47. The lowest BCUT2D eigenvalue weighted by molar-refractivity contribution is 0.360. The normalized spacial score (nSPS) is 24.1. The van der Waals surface area contributed by atoms with E-state index in [2.05, 4.69) is 164 Å². The molecule has 0 bridgehead atoms. The molecule has 4 aliphatic carbocycles. The van der Waals surface area contributed by atoms with Gasteiger partial charge in [0.15, 0.2) is 0 Å². The lowest BCUT2D eigenvalue weighted by atomic mass is 9.72. The number of hydrogen-bond donors (Lipinski definition) is 0. The van der Waals surface area contributed by atoms with E-state index in [0.29, 0.717) is 17.9 Å². The minimum absolute atomic E-state index is 0.145. The number of fused-ring (bicyclic) bond motifs is 2. The van der Waals surface area contributed by atoms with Gasteiger partial charge in [-0.15, -0.1) is 0 Å². The topological polar surface area (TPSA) is 6.48 Å². The van der Waals surface area contributed by atoms with E-state index in [1.807, 2.05) is 0 Å². The maximum Gasteiger partial charge on any atom is 0.0628 e. The third-order valence-corrected chi connectivity index (χ3v) is 11.6. The first kappa shape index (κ1) is 31.7. The smallest absolute Gasteiger partial charge is 0.0628 e. The van der Waals surface area contributed by atoms with E-state index in [9.17, 15) is 0 Å². The Labute approximate surface area is 294 Å². The van der Waals surface area contributed by atoms with Crippen LogP contribution in [0.1, 0.15) is 104 Å². The molecule has 0 aliphatic heterocycles. The summed E-state index contributed by atoms with van der Waals surface area (Å²) in [5.74, 6) is 0.866. The first-order chi connectivity index (χ1) is 24.0. The van der Waals surface area contributed by atoms with Gasteiger partial charge in [0.25, 0.3) is 0 Å². The van der Waals surface area contributed by atoms with Gasteiger partial charge in [0, 0.05) is 28.7 Å². The highest BCUT2D eigenvalue weighted by atomic mass is 15.2. The molecule has 0 spiro atoms. The molecule has 0 saturated carbocycles. The Kier molecular flexibility index (Phi) is 8.66. The van der Waals surface area contributed by atoms with E-state index in [4.69, 9.17) is 0 Å². The van der Waals surface area contributed by atoms with Gasteiger partial charge in [-0.1, -0.05) is 110 Å². The van der Waals surface area contributed by atoms with Crippen LogP contribution in [0.3, 0.4) is 0 Å². The van der Waals surface area contributed by atoms with Crippen LogP contribution < -0.4 is 9.80 Å². The maximum absolute atomic E-state index is 2.68. The van der Waals surface area contributed by atoms with Crippen molar-refractivity contribution in [1.82, 2.24) is 0 Å². The molecule has 2 heteroatoms. The second-order valence-electron chi connectivity index (χ2n) is 15.0. The predicted molar refractivity (Wildman–Crippen MR) is 209 cm³/mol. The number of para-hydroxylation sites is 1. The summed E-state index contributed by atoms with van der Waals surface area (Å²) < 4.78 is 0. The van der Waals surface area contributed by atoms with Gasteiger partial charge in [-0.3, -0.25) is 0 Å². The van der Waals surface area contributed by atoms with Gasteiger partial charge in [-0.25, -0.2) is 0 Å². The van der Waals surface area contributed by atoms with Crippen molar-refractivity contribution in [2.45, 2.75) is 89.6 Å². The van der Waals surface area contributed by atoms with Crippen LogP contribution in [0.4, 0.5) is 17.1 Å². The molecule has 0 radical (unpaired) electrons. The van der Waals surface area contributed by atoms with E-state index in [1.54, 1.807) is 0 Å². The number of benzene rings is 4. The number of allylic oxidation sites excluding steroid dienone is 4. The van der Waals surface area contributed by atoms with Crippen LogP contribution in [0.15, 0.2) is 127 Å². The second-order valence-corrected chi connectivity index (χ2v) is 15.0. The molecule has 2 nitrogen and oxygen atoms in total. The van der Waals surface area contributed by atoms with Gasteiger partial charge >= 0.3 is 0 Å². The summed E-state index contributed by atoms with van der Waals surface area (Å²) in [6.07, 6.45) is 26.1. The van der Waals surface area contributed by atoms with E-state index in [0.717, 1.165) is 32.1 Å². The molecule has 0 heterocycles. The van der Waals surface area contributed by atoms with Gasteiger partial charge in [0.1, 0.15) is 0 Å². The summed E-state index contributed by atoms with van der Waals surface area (Å²) in [7, 11) is 0. The van der Waals surface area contributed by atoms with Crippen LogP contribution in [-0.2, 0) is 6.42 Å². The van der Waals surface area contributed by atoms with E-state index in [1.165, 1.54) is 75.4 Å². The fraction of sp³-hybridized carbons (Fsp3) is 0.319. The van der Waals surface area contributed by atoms with Crippen molar-refractivity contribution in [3.63, 3.8) is 0 Å². The molecule has 0 fully saturated rings. The summed E-state index contributed by atoms with van der Waals surface area (Å²) in [4.78, 5) is 5.32. The van der Waals surface area contributed by atoms with Crippen LogP contribution in [0.25, 0.3) is 12.2 Å². The molecule has 4 unspecified atom stereocenters. The van der Waals surface area contributed by atoms with Crippen LogP contribution in [0.5, 0.6) is 0 Å². The molecular weight excluding hydrogens is 593 g/mol. The molecule has 0 saturated heterocycles. The Morgan fingerprint density at radius 3 is 2.37 bits per heavy atom. The second kappa shape index (κ2) is 13.4. The van der Waals surface area contributed by atoms with Crippen LogP contribution >= 0.6 is 0 Å². The van der Waals surface area contributed by atoms with Gasteiger partial charge in [-0.05, 0) is 135 Å². The minimum Gasteiger partial charge on any atom is -0.338 e. The standard InChI is InChI=1S/C47H50N2/c1-34-32-40(48(38-20-6-4-7-21-38)45-26-14-18-36-16-10-12-24-43(36)45)28-29-41(34)42-30-31-47(3,33-35(42)2)49(39-22-8-5-9-23-39)46-27-15-19-37-17-11-13-25-44(37)46/h5,8-12,14-20,22-24,27-32,35,42,45H,4,6-7,13,21,25-26,33H2,1-3H3. The highest BCUT2D eigenvalue weighted by Crippen LogP contribution is 2.48. The summed E-state index contributed by atoms with van der Waals surface area (Å²) in [6, 6.07) is 34.6. The Balaban J connectivity index is 1.14. The first-order valence-electron chi connectivity index (χ1n) is 18.7. The fourth-order valence-electron chi connectivity index (χ4n) is 9.31. The molecule has 4 aromatic rings. The number of rotatable bonds is 7. The van der Waals surface area contributed by atoms with Crippen molar-refractivity contribution in [2.24, 2.45) is 5.92 Å². The van der Waals surface area contributed by atoms with E-state index >= 15 is 0 Å². The third-order valence-electron chi connectivity index (χ3n) is 11.6. The fourth-order valence-corrected chi connectivity index (χ4v) is 9.31. The number of nitrogens with zero attached hydrogens (tertiary/aromatic N) is 2. The quantitative estimate of drug-likeness (QED) is 0.185. The summed E-state index contributed by atoms with van der Waals surface area (Å²) in [5.41, 5.74) is 13.8. The minimum atomic E-state index is -0.145. The first-order valence-corrected chi connectivity index (χ1v) is 18.7. The number of hydrogen-bond acceptors (Lipinski definition) is 2. The SMILES string of the molecule is Cc1cc(N(C2=CCCCC2)C2CC=Cc3ccccc32)ccc1C1C=CC(C)(N(c2ccccc2)c2cccc3c2CCC=C3)CC1C. The molecule has 4 aromatic carbocycles. The van der Waals surface area contributed by atoms with E-state index < -0.39 is 0 Å². The summed E-state index contributed by atoms with van der Waals surface area (Å²) >= 11 is 0. The third kappa shape index (κ3) is 6.01. The van der Waals surface area contributed by atoms with Crippen molar-refractivity contribution in [1.29, 1.82) is 0 Å². The molecule has 4 aliphatic rings. The number of aryl methyl sites for hydroxylation is 1. The largest absolute Gasteiger partial charge is 0.338 e. The number of anilines is 3. The van der Waals surface area contributed by atoms with Crippen molar-refractivity contribution in [3.05, 3.63) is 160 Å². The van der Waals surface area contributed by atoms with Crippen LogP contribution in [0, 0.1) is 12.8 Å². The Hall–Kier alpha value is -4.56. The molecule has 0 N–H and O–H groups in total. The molecular formula is C47H50N2. The van der Waals surface area contributed by atoms with Gasteiger partial charge in [0.2, 0.25) is 0 Å². The van der Waals surface area contributed by atoms with Crippen molar-refractivity contribution >= 4 is 29.2 Å². The van der Waals surface area contributed by atoms with E-state index in [-0.39, 0.29) is 5.54 Å². The Morgan fingerprint density at radius 2 is 1.55 bits per heavy atom. The van der Waals surface area contributed by atoms with Gasteiger partial charge in [-0.2, -0.15) is 0 Å². The molecule has 49 heavy (non-hydrogen) atoms. The average Bonchev–Trinajstić information content (AvgIpc) is 3.13. The average molecular weight is 643 g/mol. The molecule has 0 amide bonds.